The zero-order valence-electron chi connectivity index (χ0n) is 26.3. The highest BCUT2D eigenvalue weighted by Crippen LogP contribution is 2.26. The number of carboxylic acids is 1. The number of hydrogen-bond donors (Lipinski definition) is 1. The van der Waals surface area contributed by atoms with Crippen LogP contribution in [0.25, 0.3) is 0 Å². The number of esters is 2. The van der Waals surface area contributed by atoms with Gasteiger partial charge in [-0.25, -0.2) is 0 Å². The average molecular weight is 633 g/mol. The van der Waals surface area contributed by atoms with Gasteiger partial charge in [0.05, 0.1) is 31.5 Å². The minimum atomic E-state index is -3.44. The Labute approximate surface area is 255 Å². The van der Waals surface area contributed by atoms with Crippen LogP contribution in [0.4, 0.5) is 0 Å². The summed E-state index contributed by atoms with van der Waals surface area (Å²) < 4.78 is 55.1. The Hall–Kier alpha value is -2.84. The molecule has 1 aliphatic carbocycles. The molecule has 0 aromatic heterocycles. The number of ether oxygens (including phenoxy) is 5. The first-order valence-electron chi connectivity index (χ1n) is 14.2. The molecule has 13 heteroatoms. The fraction of sp³-hybridized carbons (Fsp3) is 0.633. The van der Waals surface area contributed by atoms with E-state index in [-0.39, 0.29) is 26.1 Å². The molecular weight excluding hydrogens is 584 g/mol. The van der Waals surface area contributed by atoms with Crippen molar-refractivity contribution in [3.05, 3.63) is 47.5 Å². The fourth-order valence-electron chi connectivity index (χ4n) is 3.83. The molecule has 1 unspecified atom stereocenters. The van der Waals surface area contributed by atoms with Gasteiger partial charge in [0.15, 0.2) is 0 Å². The maximum Gasteiger partial charge on any atom is 0.303 e. The first-order chi connectivity index (χ1) is 20.3. The van der Waals surface area contributed by atoms with E-state index >= 15 is 0 Å². The Morgan fingerprint density at radius 2 is 1.47 bits per heavy atom. The number of carbonyl (C=O) groups excluding carboxylic acids is 2. The number of hydrogen-bond acceptors (Lipinski definition) is 11. The lowest BCUT2D eigenvalue weighted by Gasteiger charge is -2.30. The first-order valence-corrected chi connectivity index (χ1v) is 16.0. The SMILES string of the molecule is CC.CC(=O)O.CCOCO[C@@H]1CC(OCCc2ccc(CCOS(C)(=O)=O)cc2)C=C[C@H](COC(C)=O)[C@H]1OC(C)=O. The Kier molecular flexibility index (Phi) is 21.2. The van der Waals surface area contributed by atoms with Crippen molar-refractivity contribution in [3.63, 3.8) is 0 Å². The van der Waals surface area contributed by atoms with Crippen molar-refractivity contribution < 1.29 is 55.8 Å². The summed E-state index contributed by atoms with van der Waals surface area (Å²) >= 11 is 0. The van der Waals surface area contributed by atoms with Gasteiger partial charge in [0.2, 0.25) is 0 Å². The zero-order valence-corrected chi connectivity index (χ0v) is 27.1. The second-order valence-corrected chi connectivity index (χ2v) is 10.9. The number of aliphatic carboxylic acids is 1. The van der Waals surface area contributed by atoms with Crippen molar-refractivity contribution in [1.82, 2.24) is 0 Å². The molecule has 0 amide bonds. The van der Waals surface area contributed by atoms with E-state index in [1.807, 2.05) is 57.2 Å². The molecule has 0 aliphatic heterocycles. The van der Waals surface area contributed by atoms with E-state index in [9.17, 15) is 18.0 Å². The molecule has 2 rings (SSSR count). The molecular formula is C30H48O12S. The highest BCUT2D eigenvalue weighted by Gasteiger charge is 2.36. The average Bonchev–Trinajstić information content (AvgIpc) is 3.07. The maximum absolute atomic E-state index is 11.8. The van der Waals surface area contributed by atoms with Crippen molar-refractivity contribution >= 4 is 28.0 Å². The number of benzene rings is 1. The molecule has 43 heavy (non-hydrogen) atoms. The van der Waals surface area contributed by atoms with Crippen molar-refractivity contribution in [2.45, 2.75) is 79.1 Å². The third-order valence-corrected chi connectivity index (χ3v) is 6.21. The summed E-state index contributed by atoms with van der Waals surface area (Å²) in [6.45, 7) is 10.7. The Morgan fingerprint density at radius 1 is 0.907 bits per heavy atom. The number of carbonyl (C=O) groups is 3. The lowest BCUT2D eigenvalue weighted by molar-refractivity contribution is -0.176. The summed E-state index contributed by atoms with van der Waals surface area (Å²) in [7, 11) is -3.44. The fourth-order valence-corrected chi connectivity index (χ4v) is 4.22. The Bertz CT molecular complexity index is 1070. The summed E-state index contributed by atoms with van der Waals surface area (Å²) in [4.78, 5) is 32.2. The van der Waals surface area contributed by atoms with Gasteiger partial charge in [0, 0.05) is 33.8 Å². The number of rotatable bonds is 15. The normalized spacial score (nSPS) is 19.5. The molecule has 1 aromatic carbocycles. The van der Waals surface area contributed by atoms with Crippen LogP contribution in [-0.2, 0) is 65.2 Å². The summed E-state index contributed by atoms with van der Waals surface area (Å²) in [5, 5.41) is 7.42. The summed E-state index contributed by atoms with van der Waals surface area (Å²) in [6, 6.07) is 7.82. The molecule has 1 aliphatic rings. The van der Waals surface area contributed by atoms with Gasteiger partial charge in [-0.2, -0.15) is 8.42 Å². The lowest BCUT2D eigenvalue weighted by atomic mass is 9.98. The van der Waals surface area contributed by atoms with Crippen LogP contribution in [0, 0.1) is 5.92 Å². The second-order valence-electron chi connectivity index (χ2n) is 9.25. The van der Waals surface area contributed by atoms with Crippen LogP contribution >= 0.6 is 0 Å². The van der Waals surface area contributed by atoms with Crippen LogP contribution in [0.1, 0.15) is 59.1 Å². The third kappa shape index (κ3) is 20.7. The quantitative estimate of drug-likeness (QED) is 0.0983. The topological polar surface area (TPSA) is 161 Å². The van der Waals surface area contributed by atoms with E-state index < -0.39 is 46.2 Å². The monoisotopic (exact) mass is 632 g/mol. The largest absolute Gasteiger partial charge is 0.481 e. The van der Waals surface area contributed by atoms with Gasteiger partial charge in [0.1, 0.15) is 25.6 Å². The van der Waals surface area contributed by atoms with Crippen LogP contribution in [0.15, 0.2) is 36.4 Å². The van der Waals surface area contributed by atoms with Crippen molar-refractivity contribution in [2.75, 3.05) is 39.5 Å². The van der Waals surface area contributed by atoms with E-state index in [1.165, 1.54) is 13.8 Å². The molecule has 0 bridgehead atoms. The van der Waals surface area contributed by atoms with Crippen molar-refractivity contribution in [3.8, 4) is 0 Å². The molecule has 0 spiro atoms. The van der Waals surface area contributed by atoms with Crippen LogP contribution < -0.4 is 0 Å². The summed E-state index contributed by atoms with van der Waals surface area (Å²) in [5.41, 5.74) is 2.05. The van der Waals surface area contributed by atoms with Gasteiger partial charge in [0.25, 0.3) is 16.1 Å². The van der Waals surface area contributed by atoms with Gasteiger partial charge >= 0.3 is 11.9 Å². The van der Waals surface area contributed by atoms with E-state index in [1.54, 1.807) is 0 Å². The first kappa shape index (κ1) is 40.2. The molecule has 12 nitrogen and oxygen atoms in total. The standard InChI is InChI=1S/C26H38O10S.C2H4O2.C2H6/c1-5-31-18-34-25-16-24(11-10-23(17-33-19(2)27)26(25)36-20(3)28)32-14-12-21-6-8-22(9-7-21)13-15-35-37(4,29)30;1-2(3)4;1-2/h6-11,23-26H,5,12-18H2,1-4H3;1H3,(H,3,4);1-2H3/t23-,24?,25-,26-;;/m1../s1. The smallest absolute Gasteiger partial charge is 0.303 e. The summed E-state index contributed by atoms with van der Waals surface area (Å²) in [6.07, 6.45) is 4.86. The molecule has 1 N–H and O–H groups in total. The highest BCUT2D eigenvalue weighted by atomic mass is 32.2. The predicted molar refractivity (Wildman–Crippen MR) is 160 cm³/mol. The van der Waals surface area contributed by atoms with Gasteiger partial charge in [-0.15, -0.1) is 0 Å². The second kappa shape index (κ2) is 22.7. The predicted octanol–water partition coefficient (Wildman–Crippen LogP) is 3.70. The third-order valence-electron chi connectivity index (χ3n) is 5.61. The van der Waals surface area contributed by atoms with Gasteiger partial charge in [-0.1, -0.05) is 50.3 Å². The van der Waals surface area contributed by atoms with Crippen LogP contribution in [-0.4, -0.2) is 89.2 Å². The molecule has 0 heterocycles. The lowest BCUT2D eigenvalue weighted by Crippen LogP contribution is -2.41. The molecule has 0 radical (unpaired) electrons. The minimum Gasteiger partial charge on any atom is -0.481 e. The van der Waals surface area contributed by atoms with Crippen LogP contribution in [0.2, 0.25) is 0 Å². The molecule has 0 saturated heterocycles. The van der Waals surface area contributed by atoms with Gasteiger partial charge in [-0.3, -0.25) is 18.6 Å². The van der Waals surface area contributed by atoms with E-state index in [0.717, 1.165) is 24.3 Å². The molecule has 4 atom stereocenters. The van der Waals surface area contributed by atoms with Crippen LogP contribution in [0.3, 0.4) is 0 Å². The number of carboxylic acid groups (broad SMARTS) is 1. The zero-order chi connectivity index (χ0) is 32.8. The molecule has 246 valence electrons. The summed E-state index contributed by atoms with van der Waals surface area (Å²) in [5.74, 6) is -2.11. The van der Waals surface area contributed by atoms with Crippen molar-refractivity contribution in [2.24, 2.45) is 5.92 Å². The van der Waals surface area contributed by atoms with E-state index in [2.05, 4.69) is 0 Å². The minimum absolute atomic E-state index is 0.0352. The van der Waals surface area contributed by atoms with Gasteiger partial charge < -0.3 is 28.8 Å². The van der Waals surface area contributed by atoms with E-state index in [4.69, 9.17) is 37.8 Å². The molecule has 0 saturated carbocycles. The Balaban J connectivity index is 0.00000270. The van der Waals surface area contributed by atoms with E-state index in [0.29, 0.717) is 32.5 Å². The highest BCUT2D eigenvalue weighted by molar-refractivity contribution is 7.85. The van der Waals surface area contributed by atoms with Crippen LogP contribution in [0.5, 0.6) is 0 Å². The molecule has 1 aromatic rings. The maximum atomic E-state index is 11.8. The van der Waals surface area contributed by atoms with Crippen molar-refractivity contribution in [1.29, 1.82) is 0 Å². The Morgan fingerprint density at radius 3 is 1.95 bits per heavy atom. The molecule has 0 fully saturated rings. The van der Waals surface area contributed by atoms with Gasteiger partial charge in [-0.05, 0) is 30.9 Å².